The first-order valence-electron chi connectivity index (χ1n) is 9.38. The predicted octanol–water partition coefficient (Wildman–Crippen LogP) is 1.84. The molecular formula is C19H38N2O5. The summed E-state index contributed by atoms with van der Waals surface area (Å²) in [7, 11) is 0. The molecule has 2 unspecified atom stereocenters. The highest BCUT2D eigenvalue weighted by Crippen LogP contribution is 2.10. The third-order valence-electron chi connectivity index (χ3n) is 3.53. The largest absolute Gasteiger partial charge is 0.495 e. The van der Waals surface area contributed by atoms with Gasteiger partial charge in [0.2, 0.25) is 0 Å². The summed E-state index contributed by atoms with van der Waals surface area (Å²) in [4.78, 5) is 11.6. The van der Waals surface area contributed by atoms with E-state index >= 15 is 0 Å². The van der Waals surface area contributed by atoms with E-state index in [1.165, 1.54) is 0 Å². The van der Waals surface area contributed by atoms with E-state index in [-0.39, 0.29) is 18.6 Å². The molecule has 0 amide bonds. The van der Waals surface area contributed by atoms with Gasteiger partial charge >= 0.3 is 5.97 Å². The van der Waals surface area contributed by atoms with E-state index in [0.29, 0.717) is 57.1 Å². The Morgan fingerprint density at radius 1 is 0.769 bits per heavy atom. The maximum Gasteiger partial charge on any atom is 0.322 e. The van der Waals surface area contributed by atoms with Crippen molar-refractivity contribution in [2.24, 2.45) is 23.3 Å². The van der Waals surface area contributed by atoms with Crippen LogP contribution in [0, 0.1) is 11.8 Å². The van der Waals surface area contributed by atoms with Crippen LogP contribution in [0.25, 0.3) is 0 Å². The molecule has 0 aliphatic heterocycles. The fourth-order valence-corrected chi connectivity index (χ4v) is 2.21. The second-order valence-electron chi connectivity index (χ2n) is 7.18. The van der Waals surface area contributed by atoms with Gasteiger partial charge in [-0.15, -0.1) is 0 Å². The molecule has 0 saturated heterocycles. The molecule has 26 heavy (non-hydrogen) atoms. The van der Waals surface area contributed by atoms with E-state index in [0.717, 1.165) is 6.42 Å². The number of esters is 1. The van der Waals surface area contributed by atoms with Crippen molar-refractivity contribution in [1.82, 2.24) is 0 Å². The average molecular weight is 375 g/mol. The molecule has 2 atom stereocenters. The molecule has 0 bridgehead atoms. The minimum absolute atomic E-state index is 0.144. The smallest absolute Gasteiger partial charge is 0.322 e. The van der Waals surface area contributed by atoms with Gasteiger partial charge in [-0.25, -0.2) is 0 Å². The minimum atomic E-state index is -0.568. The summed E-state index contributed by atoms with van der Waals surface area (Å²) in [6, 6.07) is -0.712. The molecule has 0 aromatic carbocycles. The third-order valence-corrected chi connectivity index (χ3v) is 3.53. The quantitative estimate of drug-likeness (QED) is 0.241. The lowest BCUT2D eigenvalue weighted by molar-refractivity contribution is -0.147. The Labute approximate surface area is 158 Å². The molecule has 0 spiro atoms. The first-order chi connectivity index (χ1) is 12.2. The second kappa shape index (κ2) is 15.0. The molecule has 0 saturated carbocycles. The second-order valence-corrected chi connectivity index (χ2v) is 7.18. The molecule has 0 heterocycles. The lowest BCUT2D eigenvalue weighted by Crippen LogP contribution is -2.34. The van der Waals surface area contributed by atoms with Crippen LogP contribution in [0.5, 0.6) is 0 Å². The lowest BCUT2D eigenvalue weighted by atomic mass is 10.0. The van der Waals surface area contributed by atoms with E-state index in [9.17, 15) is 4.79 Å². The van der Waals surface area contributed by atoms with Gasteiger partial charge in [-0.05, 0) is 24.7 Å². The minimum Gasteiger partial charge on any atom is -0.495 e. The van der Waals surface area contributed by atoms with Crippen LogP contribution in [0.3, 0.4) is 0 Å². The normalized spacial score (nSPS) is 13.7. The van der Waals surface area contributed by atoms with Gasteiger partial charge in [-0.3, -0.25) is 4.79 Å². The fourth-order valence-electron chi connectivity index (χ4n) is 2.21. The van der Waals surface area contributed by atoms with E-state index in [2.05, 4.69) is 20.4 Å². The molecular weight excluding hydrogens is 336 g/mol. The van der Waals surface area contributed by atoms with Crippen molar-refractivity contribution < 1.29 is 23.7 Å². The molecule has 0 aromatic heterocycles. The summed E-state index contributed by atoms with van der Waals surface area (Å²) in [5.41, 5.74) is 11.7. The number of carbonyl (C=O) groups is 1. The Morgan fingerprint density at radius 2 is 1.19 bits per heavy atom. The van der Waals surface area contributed by atoms with Crippen LogP contribution in [0.1, 0.15) is 40.5 Å². The predicted molar refractivity (Wildman–Crippen MR) is 103 cm³/mol. The van der Waals surface area contributed by atoms with Crippen molar-refractivity contribution in [2.45, 2.75) is 52.6 Å². The molecule has 154 valence electrons. The SMILES string of the molecule is C=C(OCCOCCOCCOC(=O)C(N)CC(C)C)C(N)CC(C)C. The Hall–Kier alpha value is -1.15. The summed E-state index contributed by atoms with van der Waals surface area (Å²) < 4.78 is 21.3. The summed E-state index contributed by atoms with van der Waals surface area (Å²) in [6.45, 7) is 14.3. The van der Waals surface area contributed by atoms with Gasteiger partial charge in [0.25, 0.3) is 0 Å². The molecule has 0 aliphatic carbocycles. The molecule has 4 N–H and O–H groups in total. The number of nitrogens with two attached hydrogens (primary N) is 2. The molecule has 0 aromatic rings. The summed E-state index contributed by atoms with van der Waals surface area (Å²) in [6.07, 6.45) is 1.46. The van der Waals surface area contributed by atoms with E-state index in [1.807, 2.05) is 13.8 Å². The van der Waals surface area contributed by atoms with Gasteiger partial charge in [-0.2, -0.15) is 0 Å². The number of hydrogen-bond acceptors (Lipinski definition) is 7. The molecule has 7 nitrogen and oxygen atoms in total. The van der Waals surface area contributed by atoms with Crippen molar-refractivity contribution in [3.63, 3.8) is 0 Å². The zero-order valence-corrected chi connectivity index (χ0v) is 16.9. The highest BCUT2D eigenvalue weighted by molar-refractivity contribution is 5.75. The van der Waals surface area contributed by atoms with Crippen molar-refractivity contribution in [3.8, 4) is 0 Å². The Balaban J connectivity index is 3.46. The van der Waals surface area contributed by atoms with Crippen LogP contribution >= 0.6 is 0 Å². The van der Waals surface area contributed by atoms with E-state index < -0.39 is 6.04 Å². The van der Waals surface area contributed by atoms with Gasteiger partial charge < -0.3 is 30.4 Å². The molecule has 0 radical (unpaired) electrons. The van der Waals surface area contributed by atoms with Crippen molar-refractivity contribution in [2.75, 3.05) is 39.6 Å². The van der Waals surface area contributed by atoms with Crippen LogP contribution in [0.4, 0.5) is 0 Å². The van der Waals surface area contributed by atoms with Crippen LogP contribution in [0.2, 0.25) is 0 Å². The Bertz CT molecular complexity index is 352. The number of carbonyl (C=O) groups excluding carboxylic acids is 1. The maximum atomic E-state index is 11.6. The number of ether oxygens (including phenoxy) is 4. The van der Waals surface area contributed by atoms with E-state index in [1.54, 1.807) is 0 Å². The summed E-state index contributed by atoms with van der Waals surface area (Å²) in [5, 5.41) is 0. The first-order valence-corrected chi connectivity index (χ1v) is 9.38. The summed E-state index contributed by atoms with van der Waals surface area (Å²) in [5.74, 6) is 1.07. The zero-order valence-electron chi connectivity index (χ0n) is 16.9. The summed E-state index contributed by atoms with van der Waals surface area (Å²) >= 11 is 0. The van der Waals surface area contributed by atoms with Gasteiger partial charge in [0.1, 0.15) is 25.0 Å². The maximum absolute atomic E-state index is 11.6. The topological polar surface area (TPSA) is 106 Å². The molecule has 7 heteroatoms. The molecule has 0 rings (SSSR count). The van der Waals surface area contributed by atoms with Crippen LogP contribution in [-0.2, 0) is 23.7 Å². The van der Waals surface area contributed by atoms with Gasteiger partial charge in [0.15, 0.2) is 0 Å². The van der Waals surface area contributed by atoms with Crippen molar-refractivity contribution >= 4 is 5.97 Å². The number of hydrogen-bond donors (Lipinski definition) is 2. The van der Waals surface area contributed by atoms with E-state index in [4.69, 9.17) is 30.4 Å². The lowest BCUT2D eigenvalue weighted by Gasteiger charge is -2.17. The highest BCUT2D eigenvalue weighted by atomic mass is 16.6. The highest BCUT2D eigenvalue weighted by Gasteiger charge is 2.16. The fraction of sp³-hybridized carbons (Fsp3) is 0.842. The van der Waals surface area contributed by atoms with Crippen molar-refractivity contribution in [3.05, 3.63) is 12.3 Å². The Kier molecular flexibility index (Phi) is 14.3. The monoisotopic (exact) mass is 374 g/mol. The van der Waals surface area contributed by atoms with Gasteiger partial charge in [0.05, 0.1) is 32.5 Å². The number of rotatable bonds is 16. The third kappa shape index (κ3) is 14.1. The molecule has 0 aliphatic rings. The van der Waals surface area contributed by atoms with Crippen LogP contribution < -0.4 is 11.5 Å². The van der Waals surface area contributed by atoms with Crippen LogP contribution in [0.15, 0.2) is 12.3 Å². The van der Waals surface area contributed by atoms with Crippen LogP contribution in [-0.4, -0.2) is 57.7 Å². The Morgan fingerprint density at radius 3 is 1.69 bits per heavy atom. The van der Waals surface area contributed by atoms with Crippen molar-refractivity contribution in [1.29, 1.82) is 0 Å². The zero-order chi connectivity index (χ0) is 19.9. The molecule has 0 fully saturated rings. The average Bonchev–Trinajstić information content (AvgIpc) is 2.54. The van der Waals surface area contributed by atoms with Gasteiger partial charge in [0, 0.05) is 0 Å². The van der Waals surface area contributed by atoms with Gasteiger partial charge in [-0.1, -0.05) is 34.3 Å². The standard InChI is InChI=1S/C19H38N2O5/c1-14(2)12-17(20)16(5)25-10-8-23-6-7-24-9-11-26-19(22)18(21)13-15(3)4/h14-15,17-18H,5-13,20-21H2,1-4H3. The first kappa shape index (κ1) is 24.8.